The van der Waals surface area contributed by atoms with E-state index < -0.39 is 0 Å². The van der Waals surface area contributed by atoms with Crippen LogP contribution < -0.4 is 5.32 Å². The summed E-state index contributed by atoms with van der Waals surface area (Å²) in [5.41, 5.74) is 3.11. The van der Waals surface area contributed by atoms with E-state index in [9.17, 15) is 9.59 Å². The van der Waals surface area contributed by atoms with Crippen molar-refractivity contribution in [2.24, 2.45) is 0 Å². The fourth-order valence-corrected chi connectivity index (χ4v) is 2.44. The van der Waals surface area contributed by atoms with Crippen molar-refractivity contribution in [1.82, 2.24) is 10.3 Å². The van der Waals surface area contributed by atoms with Crippen molar-refractivity contribution >= 4 is 22.6 Å². The molecule has 4 nitrogen and oxygen atoms in total. The van der Waals surface area contributed by atoms with Gasteiger partial charge in [0.15, 0.2) is 5.78 Å². The van der Waals surface area contributed by atoms with Gasteiger partial charge in [0, 0.05) is 23.0 Å². The minimum absolute atomic E-state index is 0.0309. The molecule has 0 fully saturated rings. The van der Waals surface area contributed by atoms with Crippen LogP contribution in [0.2, 0.25) is 0 Å². The minimum Gasteiger partial charge on any atom is -0.350 e. The number of fused-ring (bicyclic) bond motifs is 3. The molecular formula is C13H12N2O2. The normalized spacial score (nSPS) is 14.5. The van der Waals surface area contributed by atoms with Crippen LogP contribution in [0.25, 0.3) is 10.9 Å². The summed E-state index contributed by atoms with van der Waals surface area (Å²) in [6, 6.07) is 5.54. The molecule has 0 aliphatic carbocycles. The standard InChI is InChI=1S/C13H12N2O2/c1-7(16)8-3-2-4-10-11(8)9-5-6-14-13(17)12(9)15-10/h2-4,15H,5-6H2,1H3,(H,14,17). The molecule has 3 rings (SSSR count). The van der Waals surface area contributed by atoms with Gasteiger partial charge in [0.25, 0.3) is 5.91 Å². The Balaban J connectivity index is 2.40. The van der Waals surface area contributed by atoms with Crippen molar-refractivity contribution in [2.45, 2.75) is 13.3 Å². The molecule has 1 aromatic heterocycles. The maximum Gasteiger partial charge on any atom is 0.268 e. The first-order valence-corrected chi connectivity index (χ1v) is 5.61. The topological polar surface area (TPSA) is 62.0 Å². The SMILES string of the molecule is CC(=O)c1cccc2[nH]c3c(c12)CCNC3=O. The Morgan fingerprint density at radius 2 is 2.18 bits per heavy atom. The molecule has 0 saturated carbocycles. The van der Waals surface area contributed by atoms with Gasteiger partial charge in [-0.05, 0) is 25.0 Å². The number of amides is 1. The molecular weight excluding hydrogens is 216 g/mol. The highest BCUT2D eigenvalue weighted by molar-refractivity contribution is 6.11. The second-order valence-electron chi connectivity index (χ2n) is 4.27. The number of hydrogen-bond acceptors (Lipinski definition) is 2. The highest BCUT2D eigenvalue weighted by Crippen LogP contribution is 2.28. The summed E-state index contributed by atoms with van der Waals surface area (Å²) in [6.07, 6.45) is 0.769. The molecule has 1 aromatic carbocycles. The van der Waals surface area contributed by atoms with E-state index in [0.717, 1.165) is 22.9 Å². The number of carbonyl (C=O) groups excluding carboxylic acids is 2. The van der Waals surface area contributed by atoms with E-state index in [4.69, 9.17) is 0 Å². The summed E-state index contributed by atoms with van der Waals surface area (Å²) < 4.78 is 0. The lowest BCUT2D eigenvalue weighted by atomic mass is 9.98. The maximum atomic E-state index is 11.7. The van der Waals surface area contributed by atoms with E-state index in [-0.39, 0.29) is 11.7 Å². The van der Waals surface area contributed by atoms with Crippen LogP contribution >= 0.6 is 0 Å². The number of rotatable bonds is 1. The van der Waals surface area contributed by atoms with Gasteiger partial charge in [0.1, 0.15) is 5.69 Å². The van der Waals surface area contributed by atoms with Crippen LogP contribution in [0.5, 0.6) is 0 Å². The van der Waals surface area contributed by atoms with E-state index in [2.05, 4.69) is 10.3 Å². The third kappa shape index (κ3) is 1.37. The zero-order valence-corrected chi connectivity index (χ0v) is 9.46. The van der Waals surface area contributed by atoms with Crippen LogP contribution in [-0.2, 0) is 6.42 Å². The van der Waals surface area contributed by atoms with Crippen molar-refractivity contribution < 1.29 is 9.59 Å². The zero-order valence-electron chi connectivity index (χ0n) is 9.46. The Kier molecular flexibility index (Phi) is 2.04. The fourth-order valence-electron chi connectivity index (χ4n) is 2.44. The molecule has 1 aliphatic rings. The maximum absolute atomic E-state index is 11.7. The molecule has 2 heterocycles. The van der Waals surface area contributed by atoms with Crippen LogP contribution in [-0.4, -0.2) is 23.2 Å². The zero-order chi connectivity index (χ0) is 12.0. The second-order valence-corrected chi connectivity index (χ2v) is 4.27. The lowest BCUT2D eigenvalue weighted by Gasteiger charge is -2.12. The van der Waals surface area contributed by atoms with Crippen molar-refractivity contribution in [1.29, 1.82) is 0 Å². The van der Waals surface area contributed by atoms with Gasteiger partial charge in [-0.1, -0.05) is 12.1 Å². The minimum atomic E-state index is -0.0862. The van der Waals surface area contributed by atoms with Crippen LogP contribution in [0.4, 0.5) is 0 Å². The average molecular weight is 228 g/mol. The van der Waals surface area contributed by atoms with Crippen molar-refractivity contribution in [2.75, 3.05) is 6.54 Å². The molecule has 17 heavy (non-hydrogen) atoms. The van der Waals surface area contributed by atoms with Crippen molar-refractivity contribution in [3.63, 3.8) is 0 Å². The Morgan fingerprint density at radius 1 is 1.35 bits per heavy atom. The molecule has 0 bridgehead atoms. The fraction of sp³-hybridized carbons (Fsp3) is 0.231. The molecule has 0 unspecified atom stereocenters. The average Bonchev–Trinajstić information content (AvgIpc) is 2.69. The molecule has 2 N–H and O–H groups in total. The molecule has 1 amide bonds. The summed E-state index contributed by atoms with van der Waals surface area (Å²) in [5.74, 6) is -0.0552. The summed E-state index contributed by atoms with van der Waals surface area (Å²) >= 11 is 0. The monoisotopic (exact) mass is 228 g/mol. The number of aromatic nitrogens is 1. The Hall–Kier alpha value is -2.10. The van der Waals surface area contributed by atoms with E-state index in [1.165, 1.54) is 0 Å². The first-order chi connectivity index (χ1) is 8.18. The first-order valence-electron chi connectivity index (χ1n) is 5.61. The van der Waals surface area contributed by atoms with Gasteiger partial charge in [-0.3, -0.25) is 9.59 Å². The molecule has 0 spiro atoms. The molecule has 4 heteroatoms. The first kappa shape index (κ1) is 10.1. The summed E-state index contributed by atoms with van der Waals surface area (Å²) in [5, 5.41) is 3.70. The van der Waals surface area contributed by atoms with Gasteiger partial charge >= 0.3 is 0 Å². The largest absolute Gasteiger partial charge is 0.350 e. The lowest BCUT2D eigenvalue weighted by molar-refractivity contribution is 0.0940. The molecule has 0 atom stereocenters. The van der Waals surface area contributed by atoms with Crippen molar-refractivity contribution in [3.8, 4) is 0 Å². The molecule has 0 saturated heterocycles. The molecule has 2 aromatic rings. The summed E-state index contributed by atoms with van der Waals surface area (Å²) in [7, 11) is 0. The van der Waals surface area contributed by atoms with Crippen LogP contribution in [0.3, 0.4) is 0 Å². The molecule has 1 aliphatic heterocycles. The van der Waals surface area contributed by atoms with E-state index in [1.807, 2.05) is 18.2 Å². The van der Waals surface area contributed by atoms with Gasteiger partial charge in [0.05, 0.1) is 0 Å². The van der Waals surface area contributed by atoms with Gasteiger partial charge in [-0.25, -0.2) is 0 Å². The number of carbonyl (C=O) groups is 2. The number of hydrogen-bond donors (Lipinski definition) is 2. The van der Waals surface area contributed by atoms with Gasteiger partial charge in [-0.15, -0.1) is 0 Å². The second kappa shape index (κ2) is 3.45. The number of benzene rings is 1. The van der Waals surface area contributed by atoms with Gasteiger partial charge < -0.3 is 10.3 Å². The lowest BCUT2D eigenvalue weighted by Crippen LogP contribution is -2.31. The number of nitrogens with one attached hydrogen (secondary N) is 2. The predicted octanol–water partition coefficient (Wildman–Crippen LogP) is 1.66. The van der Waals surface area contributed by atoms with E-state index in [0.29, 0.717) is 17.8 Å². The smallest absolute Gasteiger partial charge is 0.268 e. The predicted molar refractivity (Wildman–Crippen MR) is 64.3 cm³/mol. The van der Waals surface area contributed by atoms with Crippen LogP contribution in [0, 0.1) is 0 Å². The highest BCUT2D eigenvalue weighted by Gasteiger charge is 2.23. The van der Waals surface area contributed by atoms with Crippen molar-refractivity contribution in [3.05, 3.63) is 35.0 Å². The van der Waals surface area contributed by atoms with Crippen LogP contribution in [0.1, 0.15) is 33.3 Å². The quantitative estimate of drug-likeness (QED) is 0.729. The Morgan fingerprint density at radius 3 is 2.94 bits per heavy atom. The van der Waals surface area contributed by atoms with E-state index >= 15 is 0 Å². The number of Topliss-reactive ketones (excluding diaryl/α,β-unsaturated/α-hetero) is 1. The Bertz CT molecular complexity index is 640. The number of ketones is 1. The summed E-state index contributed by atoms with van der Waals surface area (Å²) in [4.78, 5) is 26.4. The van der Waals surface area contributed by atoms with Gasteiger partial charge in [-0.2, -0.15) is 0 Å². The third-order valence-corrected chi connectivity index (χ3v) is 3.19. The third-order valence-electron chi connectivity index (χ3n) is 3.19. The number of aromatic amines is 1. The molecule has 86 valence electrons. The molecule has 0 radical (unpaired) electrons. The Labute approximate surface area is 98.0 Å². The van der Waals surface area contributed by atoms with E-state index in [1.54, 1.807) is 6.92 Å². The summed E-state index contributed by atoms with van der Waals surface area (Å²) in [6.45, 7) is 2.18. The van der Waals surface area contributed by atoms with Gasteiger partial charge in [0.2, 0.25) is 0 Å². The number of H-pyrrole nitrogens is 1. The van der Waals surface area contributed by atoms with Crippen LogP contribution in [0.15, 0.2) is 18.2 Å². The highest BCUT2D eigenvalue weighted by atomic mass is 16.2.